The molecule has 0 aliphatic carbocycles. The summed E-state index contributed by atoms with van der Waals surface area (Å²) >= 11 is 0. The number of carbonyl (C=O) groups is 2. The highest BCUT2D eigenvalue weighted by atomic mass is 16.5. The molecular formula is C15H13NO6. The molecule has 0 radical (unpaired) electrons. The van der Waals surface area contributed by atoms with Crippen LogP contribution in [-0.4, -0.2) is 26.2 Å². The SMILES string of the molecule is COC(=O)/C=C(/Nc1ccc2oc(=O)ccc2c1)C(=O)OC. The predicted molar refractivity (Wildman–Crippen MR) is 78.2 cm³/mol. The monoisotopic (exact) mass is 303 g/mol. The van der Waals surface area contributed by atoms with Crippen molar-refractivity contribution < 1.29 is 23.5 Å². The average molecular weight is 303 g/mol. The van der Waals surface area contributed by atoms with E-state index in [-0.39, 0.29) is 5.70 Å². The molecule has 0 atom stereocenters. The van der Waals surface area contributed by atoms with E-state index in [0.717, 1.165) is 6.08 Å². The molecule has 22 heavy (non-hydrogen) atoms. The number of rotatable bonds is 4. The van der Waals surface area contributed by atoms with E-state index >= 15 is 0 Å². The van der Waals surface area contributed by atoms with Gasteiger partial charge in [0.2, 0.25) is 0 Å². The zero-order chi connectivity index (χ0) is 16.1. The van der Waals surface area contributed by atoms with Crippen LogP contribution in [0.15, 0.2) is 51.3 Å². The van der Waals surface area contributed by atoms with Gasteiger partial charge < -0.3 is 19.2 Å². The topological polar surface area (TPSA) is 94.8 Å². The van der Waals surface area contributed by atoms with Crippen LogP contribution in [0.5, 0.6) is 0 Å². The lowest BCUT2D eigenvalue weighted by molar-refractivity contribution is -0.138. The standard InChI is InChI=1S/C15H13NO6/c1-20-14(18)8-11(15(19)21-2)16-10-4-5-12-9(7-10)3-6-13(17)22-12/h3-8,16H,1-2H3/b11-8+. The van der Waals surface area contributed by atoms with Crippen molar-refractivity contribution in [1.29, 1.82) is 0 Å². The predicted octanol–water partition coefficient (Wildman–Crippen LogP) is 1.43. The fraction of sp³-hybridized carbons (Fsp3) is 0.133. The highest BCUT2D eigenvalue weighted by Crippen LogP contribution is 2.19. The molecule has 1 aromatic carbocycles. The molecule has 0 unspecified atom stereocenters. The van der Waals surface area contributed by atoms with Gasteiger partial charge in [-0.3, -0.25) is 0 Å². The maximum Gasteiger partial charge on any atom is 0.354 e. The number of hydrogen-bond donors (Lipinski definition) is 1. The Hall–Kier alpha value is -3.09. The van der Waals surface area contributed by atoms with Crippen LogP contribution >= 0.6 is 0 Å². The van der Waals surface area contributed by atoms with E-state index in [2.05, 4.69) is 14.8 Å². The molecule has 0 aliphatic heterocycles. The summed E-state index contributed by atoms with van der Waals surface area (Å²) in [7, 11) is 2.40. The molecule has 0 fully saturated rings. The number of methoxy groups -OCH3 is 2. The lowest BCUT2D eigenvalue weighted by atomic mass is 10.2. The fourth-order valence-corrected chi connectivity index (χ4v) is 1.74. The number of benzene rings is 1. The van der Waals surface area contributed by atoms with Crippen molar-refractivity contribution in [3.05, 3.63) is 52.5 Å². The second-order valence-electron chi connectivity index (χ2n) is 4.20. The summed E-state index contributed by atoms with van der Waals surface area (Å²) in [5, 5.41) is 3.43. The van der Waals surface area contributed by atoms with Crippen molar-refractivity contribution in [1.82, 2.24) is 0 Å². The van der Waals surface area contributed by atoms with Gasteiger partial charge in [-0.15, -0.1) is 0 Å². The van der Waals surface area contributed by atoms with Crippen LogP contribution in [0.4, 0.5) is 5.69 Å². The molecule has 0 saturated carbocycles. The third-order valence-electron chi connectivity index (χ3n) is 2.77. The van der Waals surface area contributed by atoms with Gasteiger partial charge in [-0.2, -0.15) is 0 Å². The van der Waals surface area contributed by atoms with E-state index < -0.39 is 17.6 Å². The van der Waals surface area contributed by atoms with E-state index in [0.29, 0.717) is 16.7 Å². The van der Waals surface area contributed by atoms with Crippen LogP contribution in [0, 0.1) is 0 Å². The summed E-state index contributed by atoms with van der Waals surface area (Å²) in [5.41, 5.74) is 0.400. The van der Waals surface area contributed by atoms with Crippen LogP contribution in [0.3, 0.4) is 0 Å². The summed E-state index contributed by atoms with van der Waals surface area (Å²) in [4.78, 5) is 34.1. The molecule has 7 nitrogen and oxygen atoms in total. The van der Waals surface area contributed by atoms with Gasteiger partial charge in [-0.1, -0.05) is 0 Å². The van der Waals surface area contributed by atoms with Gasteiger partial charge in [0.05, 0.1) is 20.3 Å². The molecule has 0 aliphatic rings. The number of ether oxygens (including phenoxy) is 2. The molecule has 0 bridgehead atoms. The van der Waals surface area contributed by atoms with E-state index in [1.165, 1.54) is 20.3 Å². The molecule has 0 spiro atoms. The summed E-state index contributed by atoms with van der Waals surface area (Å²) in [5.74, 6) is -1.41. The molecule has 1 heterocycles. The molecule has 0 saturated heterocycles. The van der Waals surface area contributed by atoms with E-state index in [1.807, 2.05) is 0 Å². The Morgan fingerprint density at radius 1 is 1.14 bits per heavy atom. The van der Waals surface area contributed by atoms with Crippen molar-refractivity contribution in [2.75, 3.05) is 19.5 Å². The van der Waals surface area contributed by atoms with Gasteiger partial charge in [0.1, 0.15) is 11.3 Å². The Morgan fingerprint density at radius 3 is 2.59 bits per heavy atom. The first-order valence-electron chi connectivity index (χ1n) is 6.22. The number of esters is 2. The van der Waals surface area contributed by atoms with E-state index in [9.17, 15) is 14.4 Å². The zero-order valence-electron chi connectivity index (χ0n) is 11.9. The second-order valence-corrected chi connectivity index (χ2v) is 4.20. The van der Waals surface area contributed by atoms with Gasteiger partial charge >= 0.3 is 17.6 Å². The maximum atomic E-state index is 11.7. The smallest absolute Gasteiger partial charge is 0.354 e. The lowest BCUT2D eigenvalue weighted by Crippen LogP contribution is -2.15. The largest absolute Gasteiger partial charge is 0.466 e. The minimum Gasteiger partial charge on any atom is -0.466 e. The first-order chi connectivity index (χ1) is 10.5. The molecule has 114 valence electrons. The molecular weight excluding hydrogens is 290 g/mol. The van der Waals surface area contributed by atoms with Gasteiger partial charge in [-0.25, -0.2) is 14.4 Å². The van der Waals surface area contributed by atoms with Crippen molar-refractivity contribution in [3.63, 3.8) is 0 Å². The summed E-state index contributed by atoms with van der Waals surface area (Å²) < 4.78 is 14.1. The van der Waals surface area contributed by atoms with Gasteiger partial charge in [0, 0.05) is 17.1 Å². The minimum atomic E-state index is -0.718. The summed E-state index contributed by atoms with van der Waals surface area (Å²) in [6, 6.07) is 7.71. The van der Waals surface area contributed by atoms with Crippen LogP contribution in [-0.2, 0) is 19.1 Å². The number of anilines is 1. The normalized spacial score (nSPS) is 11.1. The summed E-state index contributed by atoms with van der Waals surface area (Å²) in [6.07, 6.45) is 0.987. The third kappa shape index (κ3) is 3.51. The Bertz CT molecular complexity index is 805. The van der Waals surface area contributed by atoms with E-state index in [4.69, 9.17) is 4.42 Å². The summed E-state index contributed by atoms with van der Waals surface area (Å²) in [6.45, 7) is 0. The van der Waals surface area contributed by atoms with E-state index in [1.54, 1.807) is 24.3 Å². The average Bonchev–Trinajstić information content (AvgIpc) is 2.53. The Kier molecular flexibility index (Phi) is 4.57. The van der Waals surface area contributed by atoms with Crippen molar-refractivity contribution in [2.24, 2.45) is 0 Å². The highest BCUT2D eigenvalue weighted by molar-refractivity contribution is 5.99. The van der Waals surface area contributed by atoms with Crippen LogP contribution in [0.2, 0.25) is 0 Å². The Labute approximate surface area is 125 Å². The Balaban J connectivity index is 2.35. The number of carbonyl (C=O) groups excluding carboxylic acids is 2. The van der Waals surface area contributed by atoms with Crippen molar-refractivity contribution >= 4 is 28.6 Å². The number of nitrogens with one attached hydrogen (secondary N) is 1. The lowest BCUT2D eigenvalue weighted by Gasteiger charge is -2.09. The Morgan fingerprint density at radius 2 is 1.91 bits per heavy atom. The van der Waals surface area contributed by atoms with Crippen molar-refractivity contribution in [3.8, 4) is 0 Å². The van der Waals surface area contributed by atoms with Crippen LogP contribution < -0.4 is 10.9 Å². The number of fused-ring (bicyclic) bond motifs is 1. The third-order valence-corrected chi connectivity index (χ3v) is 2.77. The number of hydrogen-bond acceptors (Lipinski definition) is 7. The molecule has 1 N–H and O–H groups in total. The van der Waals surface area contributed by atoms with Crippen LogP contribution in [0.1, 0.15) is 0 Å². The molecule has 0 amide bonds. The molecule has 7 heteroatoms. The van der Waals surface area contributed by atoms with Crippen molar-refractivity contribution in [2.45, 2.75) is 0 Å². The quantitative estimate of drug-likeness (QED) is 0.518. The first-order valence-corrected chi connectivity index (χ1v) is 6.22. The van der Waals surface area contributed by atoms with Gasteiger partial charge in [0.15, 0.2) is 0 Å². The van der Waals surface area contributed by atoms with Crippen LogP contribution in [0.25, 0.3) is 11.0 Å². The fourth-order valence-electron chi connectivity index (χ4n) is 1.74. The maximum absolute atomic E-state index is 11.7. The molecule has 1 aromatic heterocycles. The van der Waals surface area contributed by atoms with Gasteiger partial charge in [0.25, 0.3) is 0 Å². The van der Waals surface area contributed by atoms with Gasteiger partial charge in [-0.05, 0) is 24.3 Å². The highest BCUT2D eigenvalue weighted by Gasteiger charge is 2.13. The zero-order valence-corrected chi connectivity index (χ0v) is 11.9. The molecule has 2 rings (SSSR count). The minimum absolute atomic E-state index is 0.0777. The first kappa shape index (κ1) is 15.3. The molecule has 2 aromatic rings. The second kappa shape index (κ2) is 6.57.